The number of allylic oxidation sites excluding steroid dienone is 6. The molecule has 0 saturated carbocycles. The molecule has 1 rings (SSSR count). The van der Waals surface area contributed by atoms with Crippen molar-refractivity contribution in [3.05, 3.63) is 67.3 Å². The lowest BCUT2D eigenvalue weighted by atomic mass is 10.1. The molecule has 0 radical (unpaired) electrons. The van der Waals surface area contributed by atoms with Gasteiger partial charge in [-0.3, -0.25) is 0 Å². The summed E-state index contributed by atoms with van der Waals surface area (Å²) < 4.78 is 21.0. The van der Waals surface area contributed by atoms with Gasteiger partial charge < -0.3 is 18.7 Å². The molecule has 316 valence electrons. The molecule has 0 amide bonds. The van der Waals surface area contributed by atoms with E-state index in [-0.39, 0.29) is 0 Å². The van der Waals surface area contributed by atoms with Crippen molar-refractivity contribution < 1.29 is 18.7 Å². The fraction of sp³-hybridized carbons (Fsp3) is 0.725. The Balaban J connectivity index is 2.88. The van der Waals surface area contributed by atoms with E-state index in [9.17, 15) is 0 Å². The number of nitrogens with zero attached hydrogens (tertiary/aromatic N) is 1. The number of ether oxygens (including phenoxy) is 3. The molecule has 4 heteroatoms. The number of hydrogen-bond donors (Lipinski definition) is 0. The lowest BCUT2D eigenvalue weighted by Gasteiger charge is -2.36. The fourth-order valence-electron chi connectivity index (χ4n) is 7.48. The highest BCUT2D eigenvalue weighted by Crippen LogP contribution is 2.40. The van der Waals surface area contributed by atoms with Crippen LogP contribution in [0.15, 0.2) is 61.7 Å². The second-order valence-electron chi connectivity index (χ2n) is 16.0. The van der Waals surface area contributed by atoms with E-state index in [1.807, 2.05) is 12.2 Å². The molecule has 0 saturated heterocycles. The van der Waals surface area contributed by atoms with E-state index in [2.05, 4.69) is 77.3 Å². The molecule has 4 nitrogen and oxygen atoms in total. The van der Waals surface area contributed by atoms with Crippen molar-refractivity contribution >= 4 is 0 Å². The maximum atomic E-state index is 6.65. The van der Waals surface area contributed by atoms with E-state index < -0.39 is 0 Å². The molecule has 0 atom stereocenters. The summed E-state index contributed by atoms with van der Waals surface area (Å²) in [7, 11) is 0. The number of hydrogen-bond acceptors (Lipinski definition) is 3. The summed E-state index contributed by atoms with van der Waals surface area (Å²) in [6.45, 7) is 23.3. The number of unbranched alkanes of at least 4 members (excludes halogenated alkanes) is 23. The van der Waals surface area contributed by atoms with Crippen LogP contribution in [-0.4, -0.2) is 43.9 Å². The zero-order valence-corrected chi connectivity index (χ0v) is 37.0. The van der Waals surface area contributed by atoms with E-state index in [0.717, 1.165) is 93.2 Å². The zero-order chi connectivity index (χ0) is 39.9. The van der Waals surface area contributed by atoms with Crippen molar-refractivity contribution in [2.45, 2.75) is 201 Å². The number of quaternary nitrogens is 1. The second-order valence-corrected chi connectivity index (χ2v) is 16.0. The van der Waals surface area contributed by atoms with Gasteiger partial charge in [-0.25, -0.2) is 0 Å². The average Bonchev–Trinajstić information content (AvgIpc) is 3.20. The fourth-order valence-corrected chi connectivity index (χ4v) is 7.48. The van der Waals surface area contributed by atoms with Crippen molar-refractivity contribution in [3.63, 3.8) is 0 Å². The Morgan fingerprint density at radius 2 is 0.800 bits per heavy atom. The van der Waals surface area contributed by atoms with Gasteiger partial charge in [0, 0.05) is 5.56 Å². The first-order valence-corrected chi connectivity index (χ1v) is 23.5. The molecule has 0 aliphatic carbocycles. The molecule has 0 aromatic heterocycles. The highest BCUT2D eigenvalue weighted by Gasteiger charge is 2.24. The normalized spacial score (nSPS) is 11.9. The van der Waals surface area contributed by atoms with Gasteiger partial charge in [-0.15, -0.1) is 0 Å². The Hall–Kier alpha value is -2.46. The molecule has 0 fully saturated rings. The minimum Gasteiger partial charge on any atom is -0.490 e. The summed E-state index contributed by atoms with van der Waals surface area (Å²) in [5.41, 5.74) is 1.30. The first-order valence-electron chi connectivity index (χ1n) is 23.5. The van der Waals surface area contributed by atoms with E-state index in [0.29, 0.717) is 6.61 Å². The van der Waals surface area contributed by atoms with Crippen LogP contribution < -0.4 is 14.2 Å². The maximum absolute atomic E-state index is 6.65. The molecule has 0 unspecified atom stereocenters. The van der Waals surface area contributed by atoms with Crippen molar-refractivity contribution in [1.82, 2.24) is 0 Å². The summed E-state index contributed by atoms with van der Waals surface area (Å²) in [5.74, 6) is 2.59. The van der Waals surface area contributed by atoms with Crippen LogP contribution in [-0.2, 0) is 6.54 Å². The first kappa shape index (κ1) is 50.6. The first-order chi connectivity index (χ1) is 27.1. The van der Waals surface area contributed by atoms with Gasteiger partial charge in [-0.1, -0.05) is 179 Å². The lowest BCUT2D eigenvalue weighted by Crippen LogP contribution is -2.46. The van der Waals surface area contributed by atoms with E-state index in [4.69, 9.17) is 14.2 Å². The van der Waals surface area contributed by atoms with Gasteiger partial charge in [0.2, 0.25) is 5.75 Å². The number of benzene rings is 1. The minimum atomic E-state index is 0.715. The van der Waals surface area contributed by atoms with E-state index >= 15 is 0 Å². The third kappa shape index (κ3) is 26.9. The molecule has 0 spiro atoms. The molecule has 0 N–H and O–H groups in total. The second kappa shape index (κ2) is 37.1. The van der Waals surface area contributed by atoms with Crippen LogP contribution >= 0.6 is 0 Å². The van der Waals surface area contributed by atoms with Crippen LogP contribution in [0.2, 0.25) is 0 Å². The Labute approximate surface area is 342 Å². The van der Waals surface area contributed by atoms with Crippen LogP contribution in [0.5, 0.6) is 17.2 Å². The maximum Gasteiger partial charge on any atom is 0.203 e. The van der Waals surface area contributed by atoms with Gasteiger partial charge in [0.25, 0.3) is 0 Å². The Morgan fingerprint density at radius 1 is 0.455 bits per heavy atom. The summed E-state index contributed by atoms with van der Waals surface area (Å²) >= 11 is 0. The molecule has 1 aromatic carbocycles. The van der Waals surface area contributed by atoms with Crippen LogP contribution in [0.1, 0.15) is 200 Å². The summed E-state index contributed by atoms with van der Waals surface area (Å²) in [6, 6.07) is 4.55. The molecule has 0 aliphatic heterocycles. The molecular weight excluding hydrogens is 675 g/mol. The summed E-state index contributed by atoms with van der Waals surface area (Å²) in [4.78, 5) is 0. The quantitative estimate of drug-likeness (QED) is 0.0378. The predicted octanol–water partition coefficient (Wildman–Crippen LogP) is 15.8. The van der Waals surface area contributed by atoms with Crippen molar-refractivity contribution in [2.24, 2.45) is 0 Å². The smallest absolute Gasteiger partial charge is 0.203 e. The standard InChI is InChI=1S/C51H90NO3/c1-7-13-16-19-22-25-28-29-32-35-38-41-44-55-51-49(53-42-39-36-33-30-26-23-20-17-14-8-2)45-48(47-52(10-4,11-5)12-6)46-50(51)54-43-40-37-34-31-27-24-21-18-15-9-3/h8-9,14-15,17-18,45-46H,2-3,7,10-13,16,19-44,47H2,1,4-6H3/q+1/b17-14+,18-15+. The van der Waals surface area contributed by atoms with E-state index in [1.54, 1.807) is 0 Å². The molecular formula is C51H90NO3+. The van der Waals surface area contributed by atoms with E-state index in [1.165, 1.54) is 140 Å². The summed E-state index contributed by atoms with van der Waals surface area (Å²) in [5, 5.41) is 0. The number of rotatable bonds is 41. The monoisotopic (exact) mass is 765 g/mol. The molecule has 55 heavy (non-hydrogen) atoms. The van der Waals surface area contributed by atoms with Gasteiger partial charge in [-0.2, -0.15) is 0 Å². The van der Waals surface area contributed by atoms with Crippen LogP contribution in [0.3, 0.4) is 0 Å². The summed E-state index contributed by atoms with van der Waals surface area (Å²) in [6.07, 6.45) is 45.5. The largest absolute Gasteiger partial charge is 0.490 e. The highest BCUT2D eigenvalue weighted by atomic mass is 16.5. The van der Waals surface area contributed by atoms with Crippen molar-refractivity contribution in [3.8, 4) is 17.2 Å². The average molecular weight is 765 g/mol. The third-order valence-corrected chi connectivity index (χ3v) is 11.4. The van der Waals surface area contributed by atoms with Crippen molar-refractivity contribution in [1.29, 1.82) is 0 Å². The third-order valence-electron chi connectivity index (χ3n) is 11.4. The molecule has 0 aliphatic rings. The highest BCUT2D eigenvalue weighted by molar-refractivity contribution is 5.54. The van der Waals surface area contributed by atoms with Gasteiger partial charge in [0.15, 0.2) is 11.5 Å². The molecule has 0 bridgehead atoms. The van der Waals surface area contributed by atoms with Crippen LogP contribution in [0.4, 0.5) is 0 Å². The van der Waals surface area contributed by atoms with Gasteiger partial charge in [-0.05, 0) is 77.8 Å². The van der Waals surface area contributed by atoms with Crippen LogP contribution in [0, 0.1) is 0 Å². The predicted molar refractivity (Wildman–Crippen MR) is 243 cm³/mol. The topological polar surface area (TPSA) is 27.7 Å². The Morgan fingerprint density at radius 3 is 1.16 bits per heavy atom. The molecule has 0 heterocycles. The SMILES string of the molecule is C=C/C=C/CCCCCCCCOc1cc(C[N+](CC)(CC)CC)cc(OCCCCCCCC/C=C/C=C)c1OCCCCCCCCCCCCCC. The van der Waals surface area contributed by atoms with Crippen molar-refractivity contribution in [2.75, 3.05) is 39.5 Å². The van der Waals surface area contributed by atoms with Gasteiger partial charge in [0.1, 0.15) is 6.54 Å². The Kier molecular flexibility index (Phi) is 34.1. The van der Waals surface area contributed by atoms with Gasteiger partial charge in [0.05, 0.1) is 39.5 Å². The molecule has 1 aromatic rings. The lowest BCUT2D eigenvalue weighted by molar-refractivity contribution is -0.936. The zero-order valence-electron chi connectivity index (χ0n) is 37.0. The van der Waals surface area contributed by atoms with Gasteiger partial charge >= 0.3 is 0 Å². The Bertz CT molecular complexity index is 1020. The minimum absolute atomic E-state index is 0.715. The van der Waals surface area contributed by atoms with Crippen LogP contribution in [0.25, 0.3) is 0 Å².